The third kappa shape index (κ3) is 5.48. The molecule has 0 aliphatic carbocycles. The molecule has 0 aromatic heterocycles. The van der Waals surface area contributed by atoms with Gasteiger partial charge in [0.2, 0.25) is 0 Å². The summed E-state index contributed by atoms with van der Waals surface area (Å²) in [4.78, 5) is 0. The number of ether oxygens (including phenoxy) is 2. The Kier molecular flexibility index (Phi) is 7.02. The molecule has 0 bridgehead atoms. The van der Waals surface area contributed by atoms with Crippen LogP contribution in [-0.4, -0.2) is 31.3 Å². The van der Waals surface area contributed by atoms with Gasteiger partial charge in [-0.3, -0.25) is 0 Å². The first-order valence-corrected chi connectivity index (χ1v) is 4.55. The molecule has 0 aromatic rings. The molecule has 11 heavy (non-hydrogen) atoms. The zero-order chi connectivity index (χ0) is 8.69. The molecule has 68 valence electrons. The minimum atomic E-state index is 0.133. The van der Waals surface area contributed by atoms with Crippen molar-refractivity contribution in [3.63, 3.8) is 0 Å². The first-order chi connectivity index (χ1) is 5.22. The molecule has 0 amide bonds. The Labute approximate surface area is 73.8 Å². The quantitative estimate of drug-likeness (QED) is 0.583. The SMILES string of the molecule is CCOC(C)C(C)OCCCl. The molecular formula is C8H17ClO2. The minimum absolute atomic E-state index is 0.133. The number of halogens is 1. The van der Waals surface area contributed by atoms with Crippen molar-refractivity contribution in [3.05, 3.63) is 0 Å². The molecule has 0 spiro atoms. The van der Waals surface area contributed by atoms with Gasteiger partial charge in [-0.2, -0.15) is 0 Å². The van der Waals surface area contributed by atoms with Crippen molar-refractivity contribution in [1.82, 2.24) is 0 Å². The summed E-state index contributed by atoms with van der Waals surface area (Å²) in [6, 6.07) is 0. The highest BCUT2D eigenvalue weighted by atomic mass is 35.5. The van der Waals surface area contributed by atoms with Crippen molar-refractivity contribution in [2.75, 3.05) is 19.1 Å². The Morgan fingerprint density at radius 2 is 1.73 bits per heavy atom. The fraction of sp³-hybridized carbons (Fsp3) is 1.00. The lowest BCUT2D eigenvalue weighted by Gasteiger charge is -2.19. The Balaban J connectivity index is 3.38. The Hall–Kier alpha value is 0.210. The topological polar surface area (TPSA) is 18.5 Å². The van der Waals surface area contributed by atoms with E-state index in [0.29, 0.717) is 12.5 Å². The second-order valence-electron chi connectivity index (χ2n) is 2.43. The molecule has 0 rings (SSSR count). The lowest BCUT2D eigenvalue weighted by molar-refractivity contribution is -0.0483. The molecule has 0 N–H and O–H groups in total. The van der Waals surface area contributed by atoms with Gasteiger partial charge in [-0.1, -0.05) is 0 Å². The van der Waals surface area contributed by atoms with Crippen molar-refractivity contribution < 1.29 is 9.47 Å². The molecule has 0 aliphatic rings. The summed E-state index contributed by atoms with van der Waals surface area (Å²) >= 11 is 5.46. The van der Waals surface area contributed by atoms with Crippen molar-refractivity contribution >= 4 is 11.6 Å². The third-order valence-electron chi connectivity index (χ3n) is 1.55. The average Bonchev–Trinajstić information content (AvgIpc) is 2.00. The van der Waals surface area contributed by atoms with Crippen LogP contribution in [-0.2, 0) is 9.47 Å². The van der Waals surface area contributed by atoms with E-state index < -0.39 is 0 Å². The van der Waals surface area contributed by atoms with Gasteiger partial charge in [0.25, 0.3) is 0 Å². The Morgan fingerprint density at radius 3 is 2.18 bits per heavy atom. The van der Waals surface area contributed by atoms with Crippen molar-refractivity contribution in [2.45, 2.75) is 33.0 Å². The predicted molar refractivity (Wildman–Crippen MR) is 47.2 cm³/mol. The van der Waals surface area contributed by atoms with E-state index in [2.05, 4.69) is 0 Å². The molecule has 0 heterocycles. The number of rotatable bonds is 6. The number of hydrogen-bond acceptors (Lipinski definition) is 2. The zero-order valence-corrected chi connectivity index (χ0v) is 8.23. The van der Waals surface area contributed by atoms with Crippen LogP contribution in [0.15, 0.2) is 0 Å². The maximum absolute atomic E-state index is 5.46. The lowest BCUT2D eigenvalue weighted by Crippen LogP contribution is -2.26. The van der Waals surface area contributed by atoms with Crippen LogP contribution in [0, 0.1) is 0 Å². The van der Waals surface area contributed by atoms with Gasteiger partial charge in [0, 0.05) is 12.5 Å². The maximum Gasteiger partial charge on any atom is 0.0806 e. The molecule has 0 fully saturated rings. The van der Waals surface area contributed by atoms with Gasteiger partial charge in [0.15, 0.2) is 0 Å². The van der Waals surface area contributed by atoms with E-state index >= 15 is 0 Å². The summed E-state index contributed by atoms with van der Waals surface area (Å²) in [6.07, 6.45) is 0.289. The van der Waals surface area contributed by atoms with Gasteiger partial charge in [0.05, 0.1) is 18.8 Å². The van der Waals surface area contributed by atoms with Crippen LogP contribution in [0.1, 0.15) is 20.8 Å². The maximum atomic E-state index is 5.46. The van der Waals surface area contributed by atoms with Crippen molar-refractivity contribution in [3.8, 4) is 0 Å². The van der Waals surface area contributed by atoms with E-state index in [0.717, 1.165) is 6.61 Å². The van der Waals surface area contributed by atoms with Crippen LogP contribution < -0.4 is 0 Å². The molecular weight excluding hydrogens is 164 g/mol. The molecule has 2 atom stereocenters. The molecule has 0 saturated heterocycles. The summed E-state index contributed by atoms with van der Waals surface area (Å²) in [5, 5.41) is 0. The summed E-state index contributed by atoms with van der Waals surface area (Å²) in [5.41, 5.74) is 0. The van der Waals surface area contributed by atoms with Crippen LogP contribution in [0.25, 0.3) is 0 Å². The highest BCUT2D eigenvalue weighted by Crippen LogP contribution is 2.02. The first-order valence-electron chi connectivity index (χ1n) is 4.01. The summed E-state index contributed by atoms with van der Waals surface area (Å²) in [7, 11) is 0. The van der Waals surface area contributed by atoms with Crippen LogP contribution in [0.3, 0.4) is 0 Å². The average molecular weight is 181 g/mol. The van der Waals surface area contributed by atoms with Crippen LogP contribution in [0.5, 0.6) is 0 Å². The largest absolute Gasteiger partial charge is 0.376 e. The predicted octanol–water partition coefficient (Wildman–Crippen LogP) is 2.06. The van der Waals surface area contributed by atoms with Gasteiger partial charge < -0.3 is 9.47 Å². The normalized spacial score (nSPS) is 16.4. The van der Waals surface area contributed by atoms with Gasteiger partial charge >= 0.3 is 0 Å². The van der Waals surface area contributed by atoms with E-state index in [9.17, 15) is 0 Å². The zero-order valence-electron chi connectivity index (χ0n) is 7.47. The van der Waals surface area contributed by atoms with E-state index in [1.54, 1.807) is 0 Å². The molecule has 0 aliphatic heterocycles. The lowest BCUT2D eigenvalue weighted by atomic mass is 10.2. The summed E-state index contributed by atoms with van der Waals surface area (Å²) < 4.78 is 10.7. The van der Waals surface area contributed by atoms with Crippen LogP contribution in [0.2, 0.25) is 0 Å². The smallest absolute Gasteiger partial charge is 0.0806 e. The van der Waals surface area contributed by atoms with E-state index in [4.69, 9.17) is 21.1 Å². The first kappa shape index (κ1) is 11.2. The molecule has 2 unspecified atom stereocenters. The molecule has 2 nitrogen and oxygen atoms in total. The monoisotopic (exact) mass is 180 g/mol. The van der Waals surface area contributed by atoms with Gasteiger partial charge in [0.1, 0.15) is 0 Å². The Morgan fingerprint density at radius 1 is 1.18 bits per heavy atom. The van der Waals surface area contributed by atoms with Crippen molar-refractivity contribution in [1.29, 1.82) is 0 Å². The second-order valence-corrected chi connectivity index (χ2v) is 2.80. The van der Waals surface area contributed by atoms with Crippen LogP contribution >= 0.6 is 11.6 Å². The molecule has 0 aromatic carbocycles. The summed E-state index contributed by atoms with van der Waals surface area (Å²) in [5.74, 6) is 0.545. The fourth-order valence-corrected chi connectivity index (χ4v) is 0.853. The van der Waals surface area contributed by atoms with Crippen molar-refractivity contribution in [2.24, 2.45) is 0 Å². The Bertz CT molecular complexity index is 88.2. The summed E-state index contributed by atoms with van der Waals surface area (Å²) in [6.45, 7) is 7.30. The highest BCUT2D eigenvalue weighted by molar-refractivity contribution is 6.17. The van der Waals surface area contributed by atoms with E-state index in [1.807, 2.05) is 20.8 Å². The third-order valence-corrected chi connectivity index (χ3v) is 1.70. The molecule has 0 radical (unpaired) electrons. The second kappa shape index (κ2) is 6.89. The fourth-order valence-electron chi connectivity index (χ4n) is 0.764. The van der Waals surface area contributed by atoms with Gasteiger partial charge in [-0.25, -0.2) is 0 Å². The van der Waals surface area contributed by atoms with Crippen LogP contribution in [0.4, 0.5) is 0 Å². The van der Waals surface area contributed by atoms with E-state index in [1.165, 1.54) is 0 Å². The highest BCUT2D eigenvalue weighted by Gasteiger charge is 2.11. The number of hydrogen-bond donors (Lipinski definition) is 0. The minimum Gasteiger partial charge on any atom is -0.376 e. The standard InChI is InChI=1S/C8H17ClO2/c1-4-10-7(2)8(3)11-6-5-9/h7-8H,4-6H2,1-3H3. The van der Waals surface area contributed by atoms with Gasteiger partial charge in [-0.05, 0) is 20.8 Å². The number of alkyl halides is 1. The molecule has 3 heteroatoms. The van der Waals surface area contributed by atoms with Gasteiger partial charge in [-0.15, -0.1) is 11.6 Å². The molecule has 0 saturated carbocycles. The van der Waals surface area contributed by atoms with E-state index in [-0.39, 0.29) is 12.2 Å².